The van der Waals surface area contributed by atoms with Crippen molar-refractivity contribution in [2.75, 3.05) is 12.4 Å². The van der Waals surface area contributed by atoms with E-state index in [2.05, 4.69) is 11.5 Å². The molecule has 0 amide bonds. The van der Waals surface area contributed by atoms with E-state index in [1.807, 2.05) is 41.8 Å². The van der Waals surface area contributed by atoms with Crippen LogP contribution in [0.1, 0.15) is 66.3 Å². The largest absolute Gasteiger partial charge is 0.376 e. The van der Waals surface area contributed by atoms with Crippen molar-refractivity contribution in [3.8, 4) is 0 Å². The number of fused-ring (bicyclic) bond motifs is 1. The molecule has 2 fully saturated rings. The number of thioether (sulfide) groups is 1. The highest BCUT2D eigenvalue weighted by Gasteiger charge is 2.25. The topological polar surface area (TPSA) is 66.1 Å². The van der Waals surface area contributed by atoms with Crippen LogP contribution in [0.15, 0.2) is 40.3 Å². The third-order valence-electron chi connectivity index (χ3n) is 7.08. The number of carbonyl (C=O) groups is 1. The van der Waals surface area contributed by atoms with E-state index in [1.54, 1.807) is 0 Å². The predicted octanol–water partition coefficient (Wildman–Crippen LogP) is 5.08. The number of ether oxygens (including phenoxy) is 1. The molecule has 1 aliphatic carbocycles. The molecule has 0 unspecified atom stereocenters. The Morgan fingerprint density at radius 1 is 1.15 bits per heavy atom. The zero-order valence-corrected chi connectivity index (χ0v) is 20.2. The van der Waals surface area contributed by atoms with Gasteiger partial charge in [0, 0.05) is 36.1 Å². The summed E-state index contributed by atoms with van der Waals surface area (Å²) in [4.78, 5) is 31.4. The first-order valence-electron chi connectivity index (χ1n) is 12.0. The summed E-state index contributed by atoms with van der Waals surface area (Å²) >= 11 is 1.39. The lowest BCUT2D eigenvalue weighted by Crippen LogP contribution is -2.26. The van der Waals surface area contributed by atoms with Gasteiger partial charge in [0.25, 0.3) is 5.56 Å². The minimum atomic E-state index is 0.0113. The van der Waals surface area contributed by atoms with E-state index < -0.39 is 0 Å². The fraction of sp³-hybridized carbons (Fsp3) is 0.500. The lowest BCUT2D eigenvalue weighted by atomic mass is 10.2. The van der Waals surface area contributed by atoms with Gasteiger partial charge >= 0.3 is 0 Å². The monoisotopic (exact) mass is 465 g/mol. The van der Waals surface area contributed by atoms with Gasteiger partial charge in [-0.2, -0.15) is 0 Å². The van der Waals surface area contributed by atoms with Gasteiger partial charge in [-0.05, 0) is 57.7 Å². The van der Waals surface area contributed by atoms with Crippen LogP contribution in [0.3, 0.4) is 0 Å². The molecule has 1 aromatic carbocycles. The van der Waals surface area contributed by atoms with Gasteiger partial charge in [0.1, 0.15) is 0 Å². The van der Waals surface area contributed by atoms with Crippen molar-refractivity contribution in [2.24, 2.45) is 0 Å². The fourth-order valence-corrected chi connectivity index (χ4v) is 6.23. The Hall–Kier alpha value is -2.38. The molecule has 2 aliphatic rings. The molecule has 1 atom stereocenters. The van der Waals surface area contributed by atoms with Gasteiger partial charge in [0.2, 0.25) is 0 Å². The fourth-order valence-electron chi connectivity index (χ4n) is 5.28. The highest BCUT2D eigenvalue weighted by molar-refractivity contribution is 7.99. The average Bonchev–Trinajstić information content (AvgIpc) is 3.57. The van der Waals surface area contributed by atoms with Crippen molar-refractivity contribution in [3.05, 3.63) is 57.6 Å². The summed E-state index contributed by atoms with van der Waals surface area (Å²) in [5.74, 6) is 0.342. The van der Waals surface area contributed by atoms with Crippen molar-refractivity contribution >= 4 is 28.4 Å². The maximum Gasteiger partial charge on any atom is 0.262 e. The summed E-state index contributed by atoms with van der Waals surface area (Å²) in [5.41, 5.74) is 3.54. The molecular formula is C26H31N3O3S. The summed E-state index contributed by atoms with van der Waals surface area (Å²) in [6.45, 7) is 5.69. The van der Waals surface area contributed by atoms with Crippen LogP contribution in [0, 0.1) is 13.8 Å². The molecule has 5 rings (SSSR count). The molecule has 6 nitrogen and oxygen atoms in total. The van der Waals surface area contributed by atoms with Crippen molar-refractivity contribution in [1.29, 1.82) is 0 Å². The molecule has 0 N–H and O–H groups in total. The molecule has 7 heteroatoms. The first-order chi connectivity index (χ1) is 16.0. The van der Waals surface area contributed by atoms with Gasteiger partial charge < -0.3 is 9.30 Å². The average molecular weight is 466 g/mol. The molecule has 0 radical (unpaired) electrons. The molecule has 0 bridgehead atoms. The Bertz CT molecular complexity index is 1230. The maximum atomic E-state index is 13.3. The Morgan fingerprint density at radius 3 is 2.70 bits per heavy atom. The molecule has 1 saturated carbocycles. The smallest absolute Gasteiger partial charge is 0.262 e. The maximum absolute atomic E-state index is 13.3. The Kier molecular flexibility index (Phi) is 6.43. The molecule has 3 heterocycles. The van der Waals surface area contributed by atoms with Gasteiger partial charge in [-0.3, -0.25) is 14.2 Å². The zero-order chi connectivity index (χ0) is 22.9. The number of Topliss-reactive ketones (excluding diaryl/α,β-unsaturated/α-hetero) is 1. The van der Waals surface area contributed by atoms with Crippen molar-refractivity contribution in [3.63, 3.8) is 0 Å². The number of aryl methyl sites for hydroxylation is 1. The number of nitrogens with zero attached hydrogens (tertiary/aromatic N) is 3. The van der Waals surface area contributed by atoms with Crippen molar-refractivity contribution in [1.82, 2.24) is 14.1 Å². The zero-order valence-electron chi connectivity index (χ0n) is 19.4. The van der Waals surface area contributed by atoms with E-state index in [-0.39, 0.29) is 29.2 Å². The number of para-hydroxylation sites is 1. The van der Waals surface area contributed by atoms with Gasteiger partial charge in [-0.25, -0.2) is 4.98 Å². The van der Waals surface area contributed by atoms with Crippen LogP contribution < -0.4 is 5.56 Å². The molecule has 3 aromatic rings. The number of benzene rings is 1. The van der Waals surface area contributed by atoms with Crippen LogP contribution in [-0.2, 0) is 11.3 Å². The molecule has 2 aromatic heterocycles. The number of hydrogen-bond donors (Lipinski definition) is 0. The summed E-state index contributed by atoms with van der Waals surface area (Å²) < 4.78 is 9.86. The predicted molar refractivity (Wildman–Crippen MR) is 131 cm³/mol. The first kappa shape index (κ1) is 22.4. The summed E-state index contributed by atoms with van der Waals surface area (Å²) in [6, 6.07) is 9.66. The molecule has 1 saturated heterocycles. The number of rotatable bonds is 7. The van der Waals surface area contributed by atoms with Gasteiger partial charge in [-0.15, -0.1) is 0 Å². The second kappa shape index (κ2) is 9.47. The quantitative estimate of drug-likeness (QED) is 0.276. The van der Waals surface area contributed by atoms with Crippen molar-refractivity contribution < 1.29 is 9.53 Å². The SMILES string of the molecule is Cc1cc(C(=O)CSc2nc3ccccc3c(=O)n2C2CCCC2)c(C)n1C[C@@H]1CCCO1. The highest BCUT2D eigenvalue weighted by Crippen LogP contribution is 2.32. The Balaban J connectivity index is 1.40. The third-order valence-corrected chi connectivity index (χ3v) is 8.03. The van der Waals surface area contributed by atoms with E-state index in [0.29, 0.717) is 16.1 Å². The van der Waals surface area contributed by atoms with Crippen molar-refractivity contribution in [2.45, 2.75) is 76.2 Å². The Labute approximate surface area is 198 Å². The number of ketones is 1. The van der Waals surface area contributed by atoms with Crippen LogP contribution >= 0.6 is 11.8 Å². The minimum absolute atomic E-state index is 0.0113. The number of carbonyl (C=O) groups excluding carboxylic acids is 1. The van der Waals surface area contributed by atoms with E-state index in [9.17, 15) is 9.59 Å². The van der Waals surface area contributed by atoms with E-state index >= 15 is 0 Å². The molecule has 174 valence electrons. The van der Waals surface area contributed by atoms with Crippen LogP contribution in [0.5, 0.6) is 0 Å². The van der Waals surface area contributed by atoms with E-state index in [1.165, 1.54) is 11.8 Å². The lowest BCUT2D eigenvalue weighted by molar-refractivity contribution is 0.0957. The first-order valence-corrected chi connectivity index (χ1v) is 13.0. The minimum Gasteiger partial charge on any atom is -0.376 e. The van der Waals surface area contributed by atoms with Crippen LogP contribution in [-0.4, -0.2) is 38.4 Å². The molecule has 1 aliphatic heterocycles. The summed E-state index contributed by atoms with van der Waals surface area (Å²) in [6.07, 6.45) is 6.65. The van der Waals surface area contributed by atoms with Crippen LogP contribution in [0.25, 0.3) is 10.9 Å². The van der Waals surface area contributed by atoms with Gasteiger partial charge in [0.05, 0.1) is 22.8 Å². The second-order valence-electron chi connectivity index (χ2n) is 9.27. The number of aromatic nitrogens is 3. The normalized spacial score (nSPS) is 19.0. The Morgan fingerprint density at radius 2 is 1.94 bits per heavy atom. The molecule has 0 spiro atoms. The second-order valence-corrected chi connectivity index (χ2v) is 10.2. The van der Waals surface area contributed by atoms with Gasteiger partial charge in [-0.1, -0.05) is 36.7 Å². The standard InChI is InChI=1S/C26H31N3O3S/c1-17-14-22(18(2)28(17)15-20-10-7-13-32-20)24(30)16-33-26-27-23-12-6-5-11-21(23)25(31)29(26)19-8-3-4-9-19/h5-6,11-12,14,19-20H,3-4,7-10,13,15-16H2,1-2H3/t20-/m0/s1. The third kappa shape index (κ3) is 4.41. The lowest BCUT2D eigenvalue weighted by Gasteiger charge is -2.18. The van der Waals surface area contributed by atoms with E-state index in [4.69, 9.17) is 9.72 Å². The highest BCUT2D eigenvalue weighted by atomic mass is 32.2. The number of hydrogen-bond acceptors (Lipinski definition) is 5. The molecule has 33 heavy (non-hydrogen) atoms. The summed E-state index contributed by atoms with van der Waals surface area (Å²) in [5, 5.41) is 1.31. The summed E-state index contributed by atoms with van der Waals surface area (Å²) in [7, 11) is 0. The van der Waals surface area contributed by atoms with Crippen LogP contribution in [0.2, 0.25) is 0 Å². The van der Waals surface area contributed by atoms with E-state index in [0.717, 1.165) is 68.6 Å². The molecular weight excluding hydrogens is 434 g/mol. The van der Waals surface area contributed by atoms with Gasteiger partial charge in [0.15, 0.2) is 10.9 Å². The van der Waals surface area contributed by atoms with Crippen LogP contribution in [0.4, 0.5) is 0 Å².